The first-order valence-electron chi connectivity index (χ1n) is 13.2. The number of nitrogens with zero attached hydrogens (tertiary/aromatic N) is 4. The van der Waals surface area contributed by atoms with E-state index >= 15 is 0 Å². The van der Waals surface area contributed by atoms with Gasteiger partial charge in [0.25, 0.3) is 0 Å². The number of aromatic nitrogens is 1. The zero-order valence-electron chi connectivity index (χ0n) is 22.2. The third kappa shape index (κ3) is 5.00. The fraction of sp³-hybridized carbons (Fsp3) is 0.433. The summed E-state index contributed by atoms with van der Waals surface area (Å²) in [5.41, 5.74) is 3.53. The Morgan fingerprint density at radius 1 is 1.05 bits per heavy atom. The van der Waals surface area contributed by atoms with E-state index in [-0.39, 0.29) is 18.7 Å². The van der Waals surface area contributed by atoms with Crippen molar-refractivity contribution in [2.75, 3.05) is 40.4 Å². The van der Waals surface area contributed by atoms with E-state index < -0.39 is 5.72 Å². The molecule has 1 aromatic heterocycles. The molecule has 5 rings (SSSR count). The summed E-state index contributed by atoms with van der Waals surface area (Å²) >= 11 is 12.5. The molecule has 0 radical (unpaired) electrons. The van der Waals surface area contributed by atoms with Crippen molar-refractivity contribution in [3.63, 3.8) is 0 Å². The quantitative estimate of drug-likeness (QED) is 0.414. The molecular weight excluding hydrogens is 519 g/mol. The number of benzene rings is 2. The van der Waals surface area contributed by atoms with Gasteiger partial charge in [-0.1, -0.05) is 59.6 Å². The molecule has 4 atom stereocenters. The first-order valence-corrected chi connectivity index (χ1v) is 14.0. The summed E-state index contributed by atoms with van der Waals surface area (Å²) in [5.74, 6) is 0. The fourth-order valence-electron chi connectivity index (χ4n) is 6.31. The highest BCUT2D eigenvalue weighted by Gasteiger charge is 2.57. The molecule has 2 aliphatic heterocycles. The van der Waals surface area contributed by atoms with Crippen molar-refractivity contribution in [3.05, 3.63) is 99.3 Å². The van der Waals surface area contributed by atoms with Crippen molar-refractivity contribution >= 4 is 23.2 Å². The van der Waals surface area contributed by atoms with Gasteiger partial charge in [-0.05, 0) is 55.8 Å². The molecule has 1 saturated heterocycles. The number of methoxy groups -OCH3 is 1. The average Bonchev–Trinajstić information content (AvgIpc) is 3.20. The molecule has 38 heavy (non-hydrogen) atoms. The molecular formula is C30H36Cl2N4O2. The molecule has 0 saturated carbocycles. The number of piperazine rings is 1. The van der Waals surface area contributed by atoms with Gasteiger partial charge in [0.05, 0.1) is 22.8 Å². The Labute approximate surface area is 235 Å². The fourth-order valence-corrected chi connectivity index (χ4v) is 6.54. The van der Waals surface area contributed by atoms with Crippen molar-refractivity contribution in [3.8, 4) is 0 Å². The second kappa shape index (κ2) is 11.6. The molecule has 2 unspecified atom stereocenters. The number of pyridine rings is 1. The third-order valence-corrected chi connectivity index (χ3v) is 8.76. The van der Waals surface area contributed by atoms with Gasteiger partial charge >= 0.3 is 0 Å². The predicted octanol–water partition coefficient (Wildman–Crippen LogP) is 5.18. The minimum Gasteiger partial charge on any atom is -0.396 e. The molecule has 0 bridgehead atoms. The van der Waals surface area contributed by atoms with Crippen LogP contribution in [0.2, 0.25) is 10.0 Å². The van der Waals surface area contributed by atoms with Crippen LogP contribution in [0.15, 0.2) is 66.9 Å². The Kier molecular flexibility index (Phi) is 8.41. The number of hydrogen-bond acceptors (Lipinski definition) is 6. The minimum atomic E-state index is -0.819. The van der Waals surface area contributed by atoms with E-state index in [1.165, 1.54) is 5.56 Å². The van der Waals surface area contributed by atoms with Gasteiger partial charge < -0.3 is 14.7 Å². The van der Waals surface area contributed by atoms with E-state index in [2.05, 4.69) is 70.1 Å². The highest BCUT2D eigenvalue weighted by Crippen LogP contribution is 2.53. The number of rotatable bonds is 8. The van der Waals surface area contributed by atoms with Crippen LogP contribution in [0.4, 0.5) is 0 Å². The standard InChI is InChI=1S/C30H36Cl2N4O2/c1-21-19-35(16-15-34(21)2)28(14-17-37)30(38-3)27-7-5-4-6-26(27)29(22-8-10-23(31)11-9-22)36(30)20-25-13-12-24(32)18-33-25/h4-13,18,21,28-29,37H,14-17,19-20H2,1-3H3/t21-,28?,29-,30?/m1/s1. The highest BCUT2D eigenvalue weighted by molar-refractivity contribution is 6.30. The Morgan fingerprint density at radius 3 is 2.45 bits per heavy atom. The van der Waals surface area contributed by atoms with E-state index in [1.54, 1.807) is 13.3 Å². The molecule has 202 valence electrons. The third-order valence-electron chi connectivity index (χ3n) is 8.28. The van der Waals surface area contributed by atoms with Gasteiger partial charge in [0.1, 0.15) is 0 Å². The van der Waals surface area contributed by atoms with Gasteiger partial charge in [0.2, 0.25) is 0 Å². The largest absolute Gasteiger partial charge is 0.396 e. The number of aliphatic hydroxyl groups is 1. The predicted molar refractivity (Wildman–Crippen MR) is 152 cm³/mol. The first kappa shape index (κ1) is 27.5. The van der Waals surface area contributed by atoms with Gasteiger partial charge in [0.15, 0.2) is 5.72 Å². The van der Waals surface area contributed by atoms with Crippen molar-refractivity contribution in [2.45, 2.75) is 43.7 Å². The Hall–Kier alpha value is -2.03. The van der Waals surface area contributed by atoms with Crippen LogP contribution >= 0.6 is 23.2 Å². The molecule has 0 aliphatic carbocycles. The summed E-state index contributed by atoms with van der Waals surface area (Å²) in [5, 5.41) is 11.7. The lowest BCUT2D eigenvalue weighted by molar-refractivity contribution is -0.201. The summed E-state index contributed by atoms with van der Waals surface area (Å²) in [6.07, 6.45) is 2.27. The normalized spacial score (nSPS) is 25.4. The second-order valence-corrected chi connectivity index (χ2v) is 11.3. The molecule has 0 spiro atoms. The number of hydrogen-bond donors (Lipinski definition) is 1. The maximum Gasteiger partial charge on any atom is 0.164 e. The monoisotopic (exact) mass is 554 g/mol. The van der Waals surface area contributed by atoms with E-state index in [0.29, 0.717) is 29.1 Å². The SMILES string of the molecule is COC1(C(CCO)N2CCN(C)[C@H](C)C2)c2ccccc2[C@@H](c2ccc(Cl)cc2)N1Cc1ccc(Cl)cn1. The second-order valence-electron chi connectivity index (χ2n) is 10.4. The Balaban J connectivity index is 1.69. The van der Waals surface area contributed by atoms with E-state index in [9.17, 15) is 5.11 Å². The Morgan fingerprint density at radius 2 is 1.79 bits per heavy atom. The maximum absolute atomic E-state index is 10.4. The smallest absolute Gasteiger partial charge is 0.164 e. The van der Waals surface area contributed by atoms with Crippen LogP contribution in [0.5, 0.6) is 0 Å². The molecule has 8 heteroatoms. The van der Waals surface area contributed by atoms with Gasteiger partial charge in [-0.2, -0.15) is 0 Å². The molecule has 3 heterocycles. The van der Waals surface area contributed by atoms with E-state index in [4.69, 9.17) is 27.9 Å². The summed E-state index contributed by atoms with van der Waals surface area (Å²) in [7, 11) is 3.97. The summed E-state index contributed by atoms with van der Waals surface area (Å²) in [6.45, 7) is 5.63. The lowest BCUT2D eigenvalue weighted by Gasteiger charge is -2.52. The van der Waals surface area contributed by atoms with Gasteiger partial charge in [0, 0.05) is 62.7 Å². The Bertz CT molecular complexity index is 1230. The lowest BCUT2D eigenvalue weighted by Crippen LogP contribution is -2.63. The molecule has 2 aromatic carbocycles. The van der Waals surface area contributed by atoms with Crippen LogP contribution < -0.4 is 0 Å². The molecule has 0 amide bonds. The van der Waals surface area contributed by atoms with Crippen LogP contribution in [0.25, 0.3) is 0 Å². The van der Waals surface area contributed by atoms with Crippen LogP contribution in [0.1, 0.15) is 41.8 Å². The molecule has 1 fully saturated rings. The van der Waals surface area contributed by atoms with E-state index in [0.717, 1.165) is 36.5 Å². The van der Waals surface area contributed by atoms with Crippen molar-refractivity contribution in [1.29, 1.82) is 0 Å². The van der Waals surface area contributed by atoms with Crippen molar-refractivity contribution in [2.24, 2.45) is 0 Å². The minimum absolute atomic E-state index is 0.0668. The number of aliphatic hydroxyl groups excluding tert-OH is 1. The number of halogens is 2. The summed E-state index contributed by atoms with van der Waals surface area (Å²) in [6, 6.07) is 20.7. The topological polar surface area (TPSA) is 52.1 Å². The maximum atomic E-state index is 10.4. The zero-order valence-corrected chi connectivity index (χ0v) is 23.7. The van der Waals surface area contributed by atoms with Gasteiger partial charge in [-0.3, -0.25) is 14.8 Å². The van der Waals surface area contributed by atoms with Crippen LogP contribution in [0.3, 0.4) is 0 Å². The average molecular weight is 556 g/mol. The van der Waals surface area contributed by atoms with Gasteiger partial charge in [-0.25, -0.2) is 0 Å². The highest BCUT2D eigenvalue weighted by atomic mass is 35.5. The van der Waals surface area contributed by atoms with E-state index in [1.807, 2.05) is 24.3 Å². The zero-order chi connectivity index (χ0) is 26.9. The number of ether oxygens (including phenoxy) is 1. The van der Waals surface area contributed by atoms with Crippen LogP contribution in [0, 0.1) is 0 Å². The number of likely N-dealkylation sites (N-methyl/N-ethyl adjacent to an activating group) is 1. The first-order chi connectivity index (χ1) is 18.4. The molecule has 6 nitrogen and oxygen atoms in total. The molecule has 3 aromatic rings. The van der Waals surface area contributed by atoms with Crippen molar-refractivity contribution < 1.29 is 9.84 Å². The van der Waals surface area contributed by atoms with Crippen LogP contribution in [-0.2, 0) is 17.0 Å². The molecule has 2 aliphatic rings. The van der Waals surface area contributed by atoms with Gasteiger partial charge in [-0.15, -0.1) is 0 Å². The lowest BCUT2D eigenvalue weighted by atomic mass is 9.89. The molecule has 1 N–H and O–H groups in total. The summed E-state index contributed by atoms with van der Waals surface area (Å²) < 4.78 is 6.72. The van der Waals surface area contributed by atoms with Crippen molar-refractivity contribution in [1.82, 2.24) is 19.7 Å². The number of fused-ring (bicyclic) bond motifs is 1. The summed E-state index contributed by atoms with van der Waals surface area (Å²) in [4.78, 5) is 12.0. The van der Waals surface area contributed by atoms with Crippen LogP contribution in [-0.4, -0.2) is 77.3 Å².